The molecule has 0 aliphatic carbocycles. The van der Waals surface area contributed by atoms with E-state index in [9.17, 15) is 4.21 Å². The minimum absolute atomic E-state index is 0.562. The van der Waals surface area contributed by atoms with E-state index in [0.717, 1.165) is 44.1 Å². The number of hydrogen-bond donors (Lipinski definition) is 1. The van der Waals surface area contributed by atoms with Gasteiger partial charge in [0.05, 0.1) is 0 Å². The van der Waals surface area contributed by atoms with Crippen LogP contribution in [-0.2, 0) is 10.8 Å². The molecule has 78 valence electrons. The highest BCUT2D eigenvalue weighted by molar-refractivity contribution is 7.85. The summed E-state index contributed by atoms with van der Waals surface area (Å²) in [6, 6.07) is 0. The van der Waals surface area contributed by atoms with Gasteiger partial charge in [-0.3, -0.25) is 4.21 Å². The molecule has 0 aromatic rings. The molecule has 2 unspecified atom stereocenters. The van der Waals surface area contributed by atoms with Crippen molar-refractivity contribution < 1.29 is 4.21 Å². The van der Waals surface area contributed by atoms with Gasteiger partial charge in [-0.2, -0.15) is 0 Å². The lowest BCUT2D eigenvalue weighted by Gasteiger charge is -2.22. The maximum Gasteiger partial charge on any atom is 0.0362 e. The summed E-state index contributed by atoms with van der Waals surface area (Å²) in [6.07, 6.45) is 1.07. The lowest BCUT2D eigenvalue weighted by molar-refractivity contribution is 0.257. The van der Waals surface area contributed by atoms with Gasteiger partial charge in [-0.05, 0) is 25.4 Å². The fourth-order valence-electron chi connectivity index (χ4n) is 1.59. The van der Waals surface area contributed by atoms with Crippen molar-refractivity contribution in [3.8, 4) is 0 Å². The SMILES string of the molecule is CC(CN)CN1CCCS(=O)CC1. The van der Waals surface area contributed by atoms with Crippen molar-refractivity contribution in [2.24, 2.45) is 11.7 Å². The van der Waals surface area contributed by atoms with Crippen molar-refractivity contribution in [3.05, 3.63) is 0 Å². The molecule has 1 heterocycles. The third kappa shape index (κ3) is 4.20. The van der Waals surface area contributed by atoms with Gasteiger partial charge in [0, 0.05) is 35.4 Å². The van der Waals surface area contributed by atoms with Gasteiger partial charge in [-0.25, -0.2) is 0 Å². The second-order valence-corrected chi connectivity index (χ2v) is 5.54. The van der Waals surface area contributed by atoms with Crippen LogP contribution in [0.25, 0.3) is 0 Å². The van der Waals surface area contributed by atoms with Gasteiger partial charge in [0.2, 0.25) is 0 Å². The molecule has 0 bridgehead atoms. The molecule has 0 radical (unpaired) electrons. The van der Waals surface area contributed by atoms with E-state index < -0.39 is 10.8 Å². The molecule has 13 heavy (non-hydrogen) atoms. The van der Waals surface area contributed by atoms with Gasteiger partial charge in [0.15, 0.2) is 0 Å². The van der Waals surface area contributed by atoms with Crippen molar-refractivity contribution >= 4 is 10.8 Å². The molecule has 1 saturated heterocycles. The van der Waals surface area contributed by atoms with Crippen molar-refractivity contribution in [2.45, 2.75) is 13.3 Å². The van der Waals surface area contributed by atoms with Crippen LogP contribution >= 0.6 is 0 Å². The Kier molecular flexibility index (Phi) is 4.91. The topological polar surface area (TPSA) is 46.3 Å². The van der Waals surface area contributed by atoms with E-state index in [1.165, 1.54) is 0 Å². The standard InChI is InChI=1S/C9H20N2OS/c1-9(7-10)8-11-3-2-5-13(12)6-4-11/h9H,2-8,10H2,1H3. The highest BCUT2D eigenvalue weighted by Gasteiger charge is 2.14. The van der Waals surface area contributed by atoms with Gasteiger partial charge < -0.3 is 10.6 Å². The van der Waals surface area contributed by atoms with Crippen LogP contribution < -0.4 is 5.73 Å². The van der Waals surface area contributed by atoms with E-state index in [2.05, 4.69) is 11.8 Å². The molecule has 1 aliphatic rings. The zero-order valence-electron chi connectivity index (χ0n) is 8.37. The van der Waals surface area contributed by atoms with Crippen LogP contribution in [0.15, 0.2) is 0 Å². The van der Waals surface area contributed by atoms with Crippen LogP contribution in [0.1, 0.15) is 13.3 Å². The summed E-state index contributed by atoms with van der Waals surface area (Å²) in [7, 11) is -0.568. The normalized spacial score (nSPS) is 28.3. The summed E-state index contributed by atoms with van der Waals surface area (Å²) < 4.78 is 11.2. The van der Waals surface area contributed by atoms with Crippen molar-refractivity contribution in [1.82, 2.24) is 4.90 Å². The zero-order valence-corrected chi connectivity index (χ0v) is 9.18. The van der Waals surface area contributed by atoms with Crippen molar-refractivity contribution in [1.29, 1.82) is 0 Å². The predicted octanol–water partition coefficient (Wildman–Crippen LogP) is 0.0356. The number of rotatable bonds is 3. The molecule has 1 fully saturated rings. The Morgan fingerprint density at radius 2 is 2.23 bits per heavy atom. The molecule has 0 aromatic carbocycles. The van der Waals surface area contributed by atoms with Crippen LogP contribution in [0, 0.1) is 5.92 Å². The summed E-state index contributed by atoms with van der Waals surface area (Å²) in [5.74, 6) is 2.29. The van der Waals surface area contributed by atoms with E-state index >= 15 is 0 Å². The molecule has 4 heteroatoms. The van der Waals surface area contributed by atoms with Crippen LogP contribution in [0.5, 0.6) is 0 Å². The average Bonchev–Trinajstić information content (AvgIpc) is 2.31. The Morgan fingerprint density at radius 1 is 1.46 bits per heavy atom. The largest absolute Gasteiger partial charge is 0.330 e. The van der Waals surface area contributed by atoms with Crippen LogP contribution in [0.3, 0.4) is 0 Å². The summed E-state index contributed by atoms with van der Waals surface area (Å²) in [5.41, 5.74) is 5.57. The first kappa shape index (κ1) is 11.1. The highest BCUT2D eigenvalue weighted by Crippen LogP contribution is 2.04. The van der Waals surface area contributed by atoms with Crippen LogP contribution in [0.4, 0.5) is 0 Å². The third-order valence-corrected chi connectivity index (χ3v) is 3.84. The summed E-state index contributed by atoms with van der Waals surface area (Å²) in [6.45, 7) is 6.06. The first-order chi connectivity index (χ1) is 6.22. The fourth-order valence-corrected chi connectivity index (χ4v) is 2.71. The van der Waals surface area contributed by atoms with Gasteiger partial charge in [-0.15, -0.1) is 0 Å². The van der Waals surface area contributed by atoms with Crippen LogP contribution in [0.2, 0.25) is 0 Å². The monoisotopic (exact) mass is 204 g/mol. The molecule has 1 aliphatic heterocycles. The van der Waals surface area contributed by atoms with E-state index in [0.29, 0.717) is 5.92 Å². The fraction of sp³-hybridized carbons (Fsp3) is 1.00. The zero-order chi connectivity index (χ0) is 9.68. The lowest BCUT2D eigenvalue weighted by Crippen LogP contribution is -2.33. The summed E-state index contributed by atoms with van der Waals surface area (Å²) >= 11 is 0. The van der Waals surface area contributed by atoms with Crippen molar-refractivity contribution in [2.75, 3.05) is 37.7 Å². The quantitative estimate of drug-likeness (QED) is 0.706. The minimum Gasteiger partial charge on any atom is -0.330 e. The summed E-state index contributed by atoms with van der Waals surface area (Å²) in [4.78, 5) is 2.39. The van der Waals surface area contributed by atoms with E-state index in [1.807, 2.05) is 0 Å². The molecule has 2 atom stereocenters. The predicted molar refractivity (Wildman–Crippen MR) is 57.2 cm³/mol. The number of nitrogens with zero attached hydrogens (tertiary/aromatic N) is 1. The van der Waals surface area contributed by atoms with E-state index in [4.69, 9.17) is 5.73 Å². The maximum absolute atomic E-state index is 11.2. The Bertz CT molecular complexity index is 175. The Labute approximate surface area is 83.1 Å². The molecule has 0 spiro atoms. The highest BCUT2D eigenvalue weighted by atomic mass is 32.2. The van der Waals surface area contributed by atoms with Crippen molar-refractivity contribution in [3.63, 3.8) is 0 Å². The number of nitrogens with two attached hydrogens (primary N) is 1. The molecule has 0 amide bonds. The van der Waals surface area contributed by atoms with E-state index in [-0.39, 0.29) is 0 Å². The van der Waals surface area contributed by atoms with Gasteiger partial charge in [0.25, 0.3) is 0 Å². The first-order valence-corrected chi connectivity index (χ1v) is 6.48. The van der Waals surface area contributed by atoms with Crippen LogP contribution in [-0.4, -0.2) is 46.8 Å². The molecule has 0 saturated carbocycles. The Hall–Kier alpha value is 0.0700. The molecular formula is C9H20N2OS. The first-order valence-electron chi connectivity index (χ1n) is 4.99. The molecule has 0 aromatic heterocycles. The van der Waals surface area contributed by atoms with E-state index in [1.54, 1.807) is 0 Å². The maximum atomic E-state index is 11.2. The molecule has 1 rings (SSSR count). The average molecular weight is 204 g/mol. The molecule has 2 N–H and O–H groups in total. The second kappa shape index (κ2) is 5.73. The van der Waals surface area contributed by atoms with Gasteiger partial charge >= 0.3 is 0 Å². The Balaban J connectivity index is 2.29. The second-order valence-electron chi connectivity index (χ2n) is 3.84. The third-order valence-electron chi connectivity index (χ3n) is 2.45. The van der Waals surface area contributed by atoms with Gasteiger partial charge in [-0.1, -0.05) is 6.92 Å². The van der Waals surface area contributed by atoms with Gasteiger partial charge in [0.1, 0.15) is 0 Å². The Morgan fingerprint density at radius 3 is 2.92 bits per heavy atom. The minimum atomic E-state index is -0.568. The summed E-state index contributed by atoms with van der Waals surface area (Å²) in [5, 5.41) is 0. The molecular weight excluding hydrogens is 184 g/mol. The molecule has 3 nitrogen and oxygen atoms in total. The lowest BCUT2D eigenvalue weighted by atomic mass is 10.1. The smallest absolute Gasteiger partial charge is 0.0362 e. The number of hydrogen-bond acceptors (Lipinski definition) is 3.